The fourth-order valence-electron chi connectivity index (χ4n) is 2.52. The molecule has 0 spiro atoms. The number of hydrogen-bond acceptors (Lipinski definition) is 3. The van der Waals surface area contributed by atoms with Crippen LogP contribution in [0.1, 0.15) is 24.1 Å². The molecule has 1 aliphatic heterocycles. The maximum Gasteiger partial charge on any atom is 0.124 e. The molecule has 1 aliphatic rings. The van der Waals surface area contributed by atoms with E-state index >= 15 is 0 Å². The van der Waals surface area contributed by atoms with Crippen molar-refractivity contribution in [1.82, 2.24) is 0 Å². The second-order valence-electron chi connectivity index (χ2n) is 5.19. The van der Waals surface area contributed by atoms with Gasteiger partial charge in [0, 0.05) is 21.8 Å². The van der Waals surface area contributed by atoms with Crippen molar-refractivity contribution in [3.05, 3.63) is 59.7 Å². The standard InChI is InChI=1S/C17H19NOS/c1-12(18)15-7-3-4-8-16(15)19-11-14-10-13-6-2-5-9-17(13)20-14/h2-9,12,14H,10-11,18H2,1H3. The van der Waals surface area contributed by atoms with Crippen molar-refractivity contribution in [2.45, 2.75) is 29.5 Å². The smallest absolute Gasteiger partial charge is 0.124 e. The summed E-state index contributed by atoms with van der Waals surface area (Å²) in [7, 11) is 0. The van der Waals surface area contributed by atoms with E-state index in [1.165, 1.54) is 10.5 Å². The summed E-state index contributed by atoms with van der Waals surface area (Å²) >= 11 is 1.91. The van der Waals surface area contributed by atoms with Crippen LogP contribution in [0.5, 0.6) is 5.75 Å². The van der Waals surface area contributed by atoms with Crippen LogP contribution in [0.25, 0.3) is 0 Å². The number of para-hydroxylation sites is 1. The fourth-order valence-corrected chi connectivity index (χ4v) is 3.74. The highest BCUT2D eigenvalue weighted by Gasteiger charge is 2.22. The molecule has 0 saturated carbocycles. The number of rotatable bonds is 4. The molecule has 104 valence electrons. The van der Waals surface area contributed by atoms with E-state index in [4.69, 9.17) is 10.5 Å². The lowest BCUT2D eigenvalue weighted by Crippen LogP contribution is -2.15. The molecular weight excluding hydrogens is 266 g/mol. The maximum absolute atomic E-state index is 6.01. The normalized spacial score (nSPS) is 18.6. The van der Waals surface area contributed by atoms with Crippen LogP contribution in [0.2, 0.25) is 0 Å². The predicted octanol–water partition coefficient (Wildman–Crippen LogP) is 3.80. The van der Waals surface area contributed by atoms with E-state index in [2.05, 4.69) is 24.3 Å². The number of nitrogens with two attached hydrogens (primary N) is 1. The van der Waals surface area contributed by atoms with E-state index in [0.29, 0.717) is 5.25 Å². The number of thioether (sulfide) groups is 1. The van der Waals surface area contributed by atoms with E-state index in [1.807, 2.05) is 43.0 Å². The largest absolute Gasteiger partial charge is 0.492 e. The zero-order valence-corrected chi connectivity index (χ0v) is 12.4. The average molecular weight is 285 g/mol. The topological polar surface area (TPSA) is 35.2 Å². The van der Waals surface area contributed by atoms with Gasteiger partial charge in [0.05, 0.1) is 0 Å². The number of benzene rings is 2. The van der Waals surface area contributed by atoms with Crippen molar-refractivity contribution in [3.8, 4) is 5.75 Å². The Morgan fingerprint density at radius 3 is 2.75 bits per heavy atom. The molecule has 2 aromatic carbocycles. The second kappa shape index (κ2) is 5.90. The first-order valence-corrected chi connectivity index (χ1v) is 7.84. The second-order valence-corrected chi connectivity index (χ2v) is 6.53. The van der Waals surface area contributed by atoms with Crippen LogP contribution in [0.4, 0.5) is 0 Å². The van der Waals surface area contributed by atoms with Crippen LogP contribution in [0.3, 0.4) is 0 Å². The van der Waals surface area contributed by atoms with Gasteiger partial charge in [-0.3, -0.25) is 0 Å². The molecule has 20 heavy (non-hydrogen) atoms. The van der Waals surface area contributed by atoms with E-state index in [-0.39, 0.29) is 6.04 Å². The van der Waals surface area contributed by atoms with Crippen molar-refractivity contribution in [2.75, 3.05) is 6.61 Å². The van der Waals surface area contributed by atoms with Crippen LogP contribution in [0.15, 0.2) is 53.4 Å². The summed E-state index contributed by atoms with van der Waals surface area (Å²) < 4.78 is 6.01. The Hall–Kier alpha value is -1.45. The molecule has 0 aliphatic carbocycles. The van der Waals surface area contributed by atoms with Gasteiger partial charge in [-0.2, -0.15) is 0 Å². The predicted molar refractivity (Wildman–Crippen MR) is 84.3 cm³/mol. The SMILES string of the molecule is CC(N)c1ccccc1OCC1Cc2ccccc2S1. The van der Waals surface area contributed by atoms with Gasteiger partial charge >= 0.3 is 0 Å². The van der Waals surface area contributed by atoms with Crippen molar-refractivity contribution in [3.63, 3.8) is 0 Å². The summed E-state index contributed by atoms with van der Waals surface area (Å²) in [6, 6.07) is 16.6. The summed E-state index contributed by atoms with van der Waals surface area (Å²) in [4.78, 5) is 1.39. The van der Waals surface area contributed by atoms with E-state index in [9.17, 15) is 0 Å². The van der Waals surface area contributed by atoms with Crippen molar-refractivity contribution in [1.29, 1.82) is 0 Å². The summed E-state index contributed by atoms with van der Waals surface area (Å²) in [5.41, 5.74) is 8.50. The van der Waals surface area contributed by atoms with Gasteiger partial charge in [-0.15, -0.1) is 11.8 Å². The molecule has 3 heteroatoms. The molecule has 0 fully saturated rings. The lowest BCUT2D eigenvalue weighted by molar-refractivity contribution is 0.313. The van der Waals surface area contributed by atoms with Crippen LogP contribution in [0, 0.1) is 0 Å². The first-order valence-electron chi connectivity index (χ1n) is 6.96. The van der Waals surface area contributed by atoms with Crippen molar-refractivity contribution < 1.29 is 4.74 Å². The Morgan fingerprint density at radius 2 is 1.95 bits per heavy atom. The zero-order chi connectivity index (χ0) is 13.9. The van der Waals surface area contributed by atoms with Crippen LogP contribution >= 0.6 is 11.8 Å². The molecule has 0 saturated heterocycles. The molecule has 2 nitrogen and oxygen atoms in total. The van der Waals surface area contributed by atoms with Crippen LogP contribution < -0.4 is 10.5 Å². The third kappa shape index (κ3) is 2.84. The number of hydrogen-bond donors (Lipinski definition) is 1. The first kappa shape index (κ1) is 13.5. The van der Waals surface area contributed by atoms with Gasteiger partial charge in [0.2, 0.25) is 0 Å². The first-order chi connectivity index (χ1) is 9.74. The monoisotopic (exact) mass is 285 g/mol. The molecule has 2 unspecified atom stereocenters. The highest BCUT2D eigenvalue weighted by atomic mass is 32.2. The van der Waals surface area contributed by atoms with Gasteiger partial charge in [-0.1, -0.05) is 36.4 Å². The zero-order valence-electron chi connectivity index (χ0n) is 11.6. The molecule has 2 atom stereocenters. The summed E-state index contributed by atoms with van der Waals surface area (Å²) in [6.07, 6.45) is 1.08. The van der Waals surface area contributed by atoms with E-state index < -0.39 is 0 Å². The van der Waals surface area contributed by atoms with Crippen molar-refractivity contribution >= 4 is 11.8 Å². The summed E-state index contributed by atoms with van der Waals surface area (Å²) in [6.45, 7) is 2.71. The van der Waals surface area contributed by atoms with Gasteiger partial charge in [-0.05, 0) is 31.0 Å². The minimum absolute atomic E-state index is 0.000344. The Bertz CT molecular complexity index is 572. The van der Waals surface area contributed by atoms with Crippen LogP contribution in [-0.2, 0) is 6.42 Å². The van der Waals surface area contributed by atoms with Gasteiger partial charge in [0.15, 0.2) is 0 Å². The molecule has 2 aromatic rings. The van der Waals surface area contributed by atoms with Gasteiger partial charge in [-0.25, -0.2) is 0 Å². The Balaban J connectivity index is 1.65. The quantitative estimate of drug-likeness (QED) is 0.928. The van der Waals surface area contributed by atoms with E-state index in [0.717, 1.165) is 24.3 Å². The van der Waals surface area contributed by atoms with E-state index in [1.54, 1.807) is 0 Å². The Labute approximate surface area is 124 Å². The molecule has 1 heterocycles. The molecule has 3 rings (SSSR count). The lowest BCUT2D eigenvalue weighted by Gasteiger charge is -2.16. The van der Waals surface area contributed by atoms with Crippen molar-refractivity contribution in [2.24, 2.45) is 5.73 Å². The lowest BCUT2D eigenvalue weighted by atomic mass is 10.1. The number of fused-ring (bicyclic) bond motifs is 1. The van der Waals surface area contributed by atoms with Crippen LogP contribution in [-0.4, -0.2) is 11.9 Å². The Morgan fingerprint density at radius 1 is 1.20 bits per heavy atom. The molecule has 2 N–H and O–H groups in total. The molecule has 0 aromatic heterocycles. The van der Waals surface area contributed by atoms with Gasteiger partial charge < -0.3 is 10.5 Å². The van der Waals surface area contributed by atoms with Gasteiger partial charge in [0.25, 0.3) is 0 Å². The fraction of sp³-hybridized carbons (Fsp3) is 0.294. The highest BCUT2D eigenvalue weighted by molar-refractivity contribution is 8.00. The summed E-state index contributed by atoms with van der Waals surface area (Å²) in [5, 5.41) is 0.494. The van der Waals surface area contributed by atoms with Gasteiger partial charge in [0.1, 0.15) is 12.4 Å². The molecule has 0 radical (unpaired) electrons. The molecule has 0 amide bonds. The Kier molecular flexibility index (Phi) is 3.99. The summed E-state index contributed by atoms with van der Waals surface area (Å²) in [5.74, 6) is 0.916. The minimum Gasteiger partial charge on any atom is -0.492 e. The average Bonchev–Trinajstić information content (AvgIpc) is 2.88. The maximum atomic E-state index is 6.01. The minimum atomic E-state index is -0.000344. The highest BCUT2D eigenvalue weighted by Crippen LogP contribution is 2.37. The number of ether oxygens (including phenoxy) is 1. The third-order valence-electron chi connectivity index (χ3n) is 3.55. The third-order valence-corrected chi connectivity index (χ3v) is 4.84. The molecular formula is C17H19NOS. The molecule has 0 bridgehead atoms.